The van der Waals surface area contributed by atoms with Crippen LogP contribution in [0.3, 0.4) is 0 Å². The largest absolute Gasteiger partial charge is 0.497 e. The maximum Gasteiger partial charge on any atom is 0.255 e. The van der Waals surface area contributed by atoms with Crippen LogP contribution in [-0.4, -0.2) is 52.3 Å². The van der Waals surface area contributed by atoms with Gasteiger partial charge in [-0.1, -0.05) is 6.07 Å². The number of piperazine rings is 1. The van der Waals surface area contributed by atoms with E-state index >= 15 is 0 Å². The molecule has 29 heavy (non-hydrogen) atoms. The van der Waals surface area contributed by atoms with E-state index in [9.17, 15) is 4.79 Å². The van der Waals surface area contributed by atoms with Gasteiger partial charge in [-0.15, -0.1) is 0 Å². The SMILES string of the molecule is COc1cccc(N2CCN(c3nc(-c4ccncn4)cc(=O)n3C)[C@H](C)C2)c1. The summed E-state index contributed by atoms with van der Waals surface area (Å²) in [6.07, 6.45) is 3.11. The molecule has 3 heterocycles. The molecule has 2 aromatic heterocycles. The number of rotatable bonds is 4. The first-order valence-corrected chi connectivity index (χ1v) is 9.57. The molecule has 1 aliphatic rings. The maximum atomic E-state index is 12.6. The second-order valence-electron chi connectivity index (χ2n) is 7.12. The van der Waals surface area contributed by atoms with Crippen LogP contribution in [0.4, 0.5) is 11.6 Å². The van der Waals surface area contributed by atoms with Gasteiger partial charge in [0.15, 0.2) is 0 Å². The Morgan fingerprint density at radius 2 is 2.00 bits per heavy atom. The smallest absolute Gasteiger partial charge is 0.255 e. The summed E-state index contributed by atoms with van der Waals surface area (Å²) in [6, 6.07) is 11.5. The van der Waals surface area contributed by atoms with Crippen molar-refractivity contribution in [1.82, 2.24) is 19.5 Å². The minimum atomic E-state index is -0.106. The highest BCUT2D eigenvalue weighted by atomic mass is 16.5. The molecule has 0 radical (unpaired) electrons. The quantitative estimate of drug-likeness (QED) is 0.672. The molecule has 0 spiro atoms. The maximum absolute atomic E-state index is 12.6. The predicted octanol–water partition coefficient (Wildman–Crippen LogP) is 1.96. The summed E-state index contributed by atoms with van der Waals surface area (Å²) in [5, 5.41) is 0. The van der Waals surface area contributed by atoms with Crippen LogP contribution in [0.15, 0.2) is 53.7 Å². The van der Waals surface area contributed by atoms with Crippen molar-refractivity contribution in [3.63, 3.8) is 0 Å². The van der Waals surface area contributed by atoms with E-state index in [-0.39, 0.29) is 11.6 Å². The molecule has 3 aromatic rings. The lowest BCUT2D eigenvalue weighted by molar-refractivity contribution is 0.414. The number of ether oxygens (including phenoxy) is 1. The van der Waals surface area contributed by atoms with Crippen LogP contribution in [0.5, 0.6) is 5.75 Å². The minimum Gasteiger partial charge on any atom is -0.497 e. The average molecular weight is 392 g/mol. The van der Waals surface area contributed by atoms with Crippen LogP contribution in [0.2, 0.25) is 0 Å². The van der Waals surface area contributed by atoms with Crippen molar-refractivity contribution >= 4 is 11.6 Å². The fraction of sp³-hybridized carbons (Fsp3) is 0.333. The number of nitrogens with zero attached hydrogens (tertiary/aromatic N) is 6. The number of hydrogen-bond donors (Lipinski definition) is 0. The summed E-state index contributed by atoms with van der Waals surface area (Å²) in [4.78, 5) is 30.0. The van der Waals surface area contributed by atoms with Crippen molar-refractivity contribution in [3.8, 4) is 17.1 Å². The molecule has 8 nitrogen and oxygen atoms in total. The van der Waals surface area contributed by atoms with Gasteiger partial charge in [0.05, 0.1) is 18.5 Å². The third-order valence-corrected chi connectivity index (χ3v) is 5.26. The van der Waals surface area contributed by atoms with Crippen LogP contribution in [-0.2, 0) is 7.05 Å². The number of hydrogen-bond acceptors (Lipinski definition) is 7. The number of aromatic nitrogens is 4. The van der Waals surface area contributed by atoms with Gasteiger partial charge in [-0.2, -0.15) is 0 Å². The lowest BCUT2D eigenvalue weighted by Gasteiger charge is -2.42. The van der Waals surface area contributed by atoms with Crippen molar-refractivity contribution in [2.45, 2.75) is 13.0 Å². The Hall–Kier alpha value is -3.42. The van der Waals surface area contributed by atoms with E-state index in [2.05, 4.69) is 32.8 Å². The third-order valence-electron chi connectivity index (χ3n) is 5.26. The monoisotopic (exact) mass is 392 g/mol. The van der Waals surface area contributed by atoms with E-state index in [0.717, 1.165) is 31.1 Å². The molecule has 1 saturated heterocycles. The van der Waals surface area contributed by atoms with Crippen LogP contribution >= 0.6 is 0 Å². The zero-order valence-corrected chi connectivity index (χ0v) is 16.8. The fourth-order valence-corrected chi connectivity index (χ4v) is 3.65. The standard InChI is InChI=1S/C21H24N6O2/c1-15-13-26(16-5-4-6-17(11-16)29-3)9-10-27(15)21-24-19(12-20(28)25(21)2)18-7-8-22-14-23-18/h4-8,11-12,14-15H,9-10,13H2,1-3H3/t15-/m1/s1. The van der Waals surface area contributed by atoms with Gasteiger partial charge in [-0.3, -0.25) is 9.36 Å². The zero-order valence-electron chi connectivity index (χ0n) is 16.8. The van der Waals surface area contributed by atoms with Crippen LogP contribution in [0.1, 0.15) is 6.92 Å². The van der Waals surface area contributed by atoms with Crippen LogP contribution in [0, 0.1) is 0 Å². The van der Waals surface area contributed by atoms with Crippen LogP contribution in [0.25, 0.3) is 11.4 Å². The van der Waals surface area contributed by atoms with Gasteiger partial charge in [0, 0.05) is 56.7 Å². The average Bonchev–Trinajstić information content (AvgIpc) is 2.76. The second kappa shape index (κ2) is 7.90. The topological polar surface area (TPSA) is 76.4 Å². The van der Waals surface area contributed by atoms with Crippen molar-refractivity contribution in [3.05, 3.63) is 59.3 Å². The summed E-state index contributed by atoms with van der Waals surface area (Å²) in [7, 11) is 3.44. The number of methoxy groups -OCH3 is 1. The molecule has 150 valence electrons. The van der Waals surface area contributed by atoms with Crippen molar-refractivity contribution in [2.24, 2.45) is 7.05 Å². The molecular formula is C21H24N6O2. The molecule has 8 heteroatoms. The Labute approximate surface area is 169 Å². The molecule has 1 aromatic carbocycles. The van der Waals surface area contributed by atoms with Crippen molar-refractivity contribution in [1.29, 1.82) is 0 Å². The first-order valence-electron chi connectivity index (χ1n) is 9.57. The van der Waals surface area contributed by atoms with Gasteiger partial charge < -0.3 is 14.5 Å². The number of benzene rings is 1. The molecule has 1 atom stereocenters. The minimum absolute atomic E-state index is 0.106. The molecule has 4 rings (SSSR count). The van der Waals surface area contributed by atoms with E-state index in [4.69, 9.17) is 9.72 Å². The lowest BCUT2D eigenvalue weighted by Crippen LogP contribution is -2.53. The van der Waals surface area contributed by atoms with Gasteiger partial charge in [0.1, 0.15) is 12.1 Å². The summed E-state index contributed by atoms with van der Waals surface area (Å²) in [5.74, 6) is 1.50. The third kappa shape index (κ3) is 3.78. The van der Waals surface area contributed by atoms with Crippen molar-refractivity contribution in [2.75, 3.05) is 36.5 Å². The van der Waals surface area contributed by atoms with Gasteiger partial charge in [-0.05, 0) is 25.1 Å². The van der Waals surface area contributed by atoms with Crippen LogP contribution < -0.4 is 20.1 Å². The fourth-order valence-electron chi connectivity index (χ4n) is 3.65. The summed E-state index contributed by atoms with van der Waals surface area (Å²) >= 11 is 0. The highest BCUT2D eigenvalue weighted by molar-refractivity contribution is 5.56. The first kappa shape index (κ1) is 18.9. The molecule has 0 N–H and O–H groups in total. The highest BCUT2D eigenvalue weighted by Crippen LogP contribution is 2.26. The Balaban J connectivity index is 1.61. The summed E-state index contributed by atoms with van der Waals surface area (Å²) in [6.45, 7) is 4.55. The molecular weight excluding hydrogens is 368 g/mol. The van der Waals surface area contributed by atoms with E-state index < -0.39 is 0 Å². The van der Waals surface area contributed by atoms with E-state index in [1.807, 2.05) is 18.2 Å². The molecule has 0 unspecified atom stereocenters. The zero-order chi connectivity index (χ0) is 20.4. The Morgan fingerprint density at radius 1 is 1.14 bits per heavy atom. The van der Waals surface area contributed by atoms with Crippen molar-refractivity contribution < 1.29 is 4.74 Å². The Morgan fingerprint density at radius 3 is 2.72 bits per heavy atom. The molecule has 0 amide bonds. The van der Waals surface area contributed by atoms with E-state index in [1.165, 1.54) is 12.4 Å². The second-order valence-corrected chi connectivity index (χ2v) is 7.12. The normalized spacial score (nSPS) is 16.7. The molecule has 1 aliphatic heterocycles. The summed E-state index contributed by atoms with van der Waals surface area (Å²) < 4.78 is 6.95. The van der Waals surface area contributed by atoms with Gasteiger partial charge in [0.25, 0.3) is 5.56 Å². The number of anilines is 2. The lowest BCUT2D eigenvalue weighted by atomic mass is 10.1. The molecule has 1 fully saturated rings. The Kier molecular flexibility index (Phi) is 5.16. The molecule has 0 saturated carbocycles. The first-order chi connectivity index (χ1) is 14.1. The van der Waals surface area contributed by atoms with Gasteiger partial charge >= 0.3 is 0 Å². The predicted molar refractivity (Wildman–Crippen MR) is 113 cm³/mol. The Bertz CT molecular complexity index is 1050. The molecule has 0 bridgehead atoms. The van der Waals surface area contributed by atoms with E-state index in [0.29, 0.717) is 17.3 Å². The summed E-state index contributed by atoms with van der Waals surface area (Å²) in [5.41, 5.74) is 2.23. The van der Waals surface area contributed by atoms with Gasteiger partial charge in [-0.25, -0.2) is 15.0 Å². The highest BCUT2D eigenvalue weighted by Gasteiger charge is 2.27. The molecule has 0 aliphatic carbocycles. The van der Waals surface area contributed by atoms with Gasteiger partial charge in [0.2, 0.25) is 5.95 Å². The van der Waals surface area contributed by atoms with E-state index in [1.54, 1.807) is 31.0 Å².